The number of methoxy groups -OCH3 is 1. The zero-order chi connectivity index (χ0) is 7.28. The van der Waals surface area contributed by atoms with E-state index in [4.69, 9.17) is 0 Å². The molecule has 9 heavy (non-hydrogen) atoms. The molecule has 0 bridgehead atoms. The van der Waals surface area contributed by atoms with Gasteiger partial charge in [-0.05, 0) is 6.42 Å². The molecule has 1 atom stereocenters. The maximum Gasteiger partial charge on any atom is 0.312 e. The second kappa shape index (κ2) is 4.13. The van der Waals surface area contributed by atoms with Gasteiger partial charge in [0.05, 0.1) is 13.0 Å². The number of esters is 1. The second-order valence-electron chi connectivity index (χ2n) is 1.77. The molecular formula is C7H12O2. The van der Waals surface area contributed by atoms with Gasteiger partial charge in [-0.2, -0.15) is 0 Å². The smallest absolute Gasteiger partial charge is 0.312 e. The molecular weight excluding hydrogens is 116 g/mol. The van der Waals surface area contributed by atoms with Crippen LogP contribution in [0.25, 0.3) is 0 Å². The fourth-order valence-corrected chi connectivity index (χ4v) is 0.581. The normalized spacial score (nSPS) is 12.2. The highest BCUT2D eigenvalue weighted by molar-refractivity contribution is 5.73. The van der Waals surface area contributed by atoms with Crippen molar-refractivity contribution in [2.75, 3.05) is 7.11 Å². The average Bonchev–Trinajstić information content (AvgIpc) is 1.90. The summed E-state index contributed by atoms with van der Waals surface area (Å²) in [5.41, 5.74) is 0. The van der Waals surface area contributed by atoms with E-state index in [1.54, 1.807) is 6.08 Å². The highest BCUT2D eigenvalue weighted by Gasteiger charge is 2.10. The first-order chi connectivity index (χ1) is 4.26. The van der Waals surface area contributed by atoms with Crippen molar-refractivity contribution in [3.05, 3.63) is 12.7 Å². The predicted molar refractivity (Wildman–Crippen MR) is 36.0 cm³/mol. The highest BCUT2D eigenvalue weighted by atomic mass is 16.5. The van der Waals surface area contributed by atoms with Crippen molar-refractivity contribution in [1.29, 1.82) is 0 Å². The molecule has 2 heteroatoms. The zero-order valence-electron chi connectivity index (χ0n) is 5.89. The van der Waals surface area contributed by atoms with E-state index in [1.165, 1.54) is 7.11 Å². The lowest BCUT2D eigenvalue weighted by Gasteiger charge is -2.04. The number of ether oxygens (including phenoxy) is 1. The number of hydrogen-bond donors (Lipinski definition) is 0. The topological polar surface area (TPSA) is 26.3 Å². The Kier molecular flexibility index (Phi) is 3.76. The highest BCUT2D eigenvalue weighted by Crippen LogP contribution is 2.04. The Morgan fingerprint density at radius 3 is 2.56 bits per heavy atom. The van der Waals surface area contributed by atoms with Crippen LogP contribution in [0.5, 0.6) is 0 Å². The first-order valence-corrected chi connectivity index (χ1v) is 2.96. The van der Waals surface area contributed by atoms with Crippen LogP contribution < -0.4 is 0 Å². The van der Waals surface area contributed by atoms with E-state index >= 15 is 0 Å². The fraction of sp³-hybridized carbons (Fsp3) is 0.571. The first kappa shape index (κ1) is 8.21. The minimum Gasteiger partial charge on any atom is -0.469 e. The monoisotopic (exact) mass is 128 g/mol. The van der Waals surface area contributed by atoms with Gasteiger partial charge in [-0.25, -0.2) is 0 Å². The summed E-state index contributed by atoms with van der Waals surface area (Å²) in [7, 11) is 1.38. The van der Waals surface area contributed by atoms with Gasteiger partial charge in [0.1, 0.15) is 0 Å². The molecule has 0 spiro atoms. The molecule has 0 heterocycles. The maximum absolute atomic E-state index is 10.7. The maximum atomic E-state index is 10.7. The standard InChI is InChI=1S/C7H12O2/c1-4-6(5-2)7(8)9-3/h4,6H,1,5H2,2-3H3. The lowest BCUT2D eigenvalue weighted by atomic mass is 10.1. The number of carbonyl (C=O) groups excluding carboxylic acids is 1. The minimum absolute atomic E-state index is 0.130. The molecule has 0 saturated heterocycles. The van der Waals surface area contributed by atoms with Crippen LogP contribution in [-0.2, 0) is 9.53 Å². The minimum atomic E-state index is -0.201. The van der Waals surface area contributed by atoms with E-state index in [2.05, 4.69) is 11.3 Å². The van der Waals surface area contributed by atoms with Crippen molar-refractivity contribution in [3.8, 4) is 0 Å². The molecule has 0 aliphatic heterocycles. The summed E-state index contributed by atoms with van der Waals surface area (Å²) in [6.07, 6.45) is 2.36. The van der Waals surface area contributed by atoms with Gasteiger partial charge in [0.25, 0.3) is 0 Å². The summed E-state index contributed by atoms with van der Waals surface area (Å²) in [4.78, 5) is 10.7. The van der Waals surface area contributed by atoms with E-state index < -0.39 is 0 Å². The summed E-state index contributed by atoms with van der Waals surface area (Å²) >= 11 is 0. The van der Waals surface area contributed by atoms with Crippen LogP contribution in [0, 0.1) is 5.92 Å². The van der Waals surface area contributed by atoms with Gasteiger partial charge in [0, 0.05) is 0 Å². The van der Waals surface area contributed by atoms with Gasteiger partial charge in [0.15, 0.2) is 0 Å². The molecule has 2 nitrogen and oxygen atoms in total. The summed E-state index contributed by atoms with van der Waals surface area (Å²) in [5, 5.41) is 0. The molecule has 52 valence electrons. The molecule has 0 aromatic heterocycles. The van der Waals surface area contributed by atoms with Crippen LogP contribution in [0.3, 0.4) is 0 Å². The summed E-state index contributed by atoms with van der Waals surface area (Å²) in [6.45, 7) is 5.42. The molecule has 0 aromatic carbocycles. The number of rotatable bonds is 3. The molecule has 0 aromatic rings. The van der Waals surface area contributed by atoms with Crippen LogP contribution in [0.2, 0.25) is 0 Å². The third-order valence-corrected chi connectivity index (χ3v) is 1.23. The lowest BCUT2D eigenvalue weighted by Crippen LogP contribution is -2.11. The molecule has 0 radical (unpaired) electrons. The van der Waals surface area contributed by atoms with Gasteiger partial charge < -0.3 is 4.74 Å². The van der Waals surface area contributed by atoms with Crippen molar-refractivity contribution in [2.24, 2.45) is 5.92 Å². The molecule has 0 aliphatic rings. The third-order valence-electron chi connectivity index (χ3n) is 1.23. The van der Waals surface area contributed by atoms with Crippen LogP contribution in [0.1, 0.15) is 13.3 Å². The van der Waals surface area contributed by atoms with Gasteiger partial charge in [-0.1, -0.05) is 13.0 Å². The van der Waals surface area contributed by atoms with Gasteiger partial charge >= 0.3 is 5.97 Å². The largest absolute Gasteiger partial charge is 0.469 e. The Balaban J connectivity index is 3.78. The van der Waals surface area contributed by atoms with Crippen LogP contribution in [0.15, 0.2) is 12.7 Å². The predicted octanol–water partition coefficient (Wildman–Crippen LogP) is 1.37. The quantitative estimate of drug-likeness (QED) is 0.424. The lowest BCUT2D eigenvalue weighted by molar-refractivity contribution is -0.143. The number of carbonyl (C=O) groups is 1. The molecule has 0 aliphatic carbocycles. The van der Waals surface area contributed by atoms with Crippen LogP contribution >= 0.6 is 0 Å². The molecule has 0 fully saturated rings. The van der Waals surface area contributed by atoms with Crippen molar-refractivity contribution < 1.29 is 9.53 Å². The van der Waals surface area contributed by atoms with Gasteiger partial charge in [-0.15, -0.1) is 6.58 Å². The molecule has 0 amide bonds. The Hall–Kier alpha value is -0.790. The summed E-state index contributed by atoms with van der Waals surface area (Å²) in [5.74, 6) is -0.331. The number of hydrogen-bond acceptors (Lipinski definition) is 2. The van der Waals surface area contributed by atoms with E-state index in [0.717, 1.165) is 6.42 Å². The summed E-state index contributed by atoms with van der Waals surface area (Å²) in [6, 6.07) is 0. The van der Waals surface area contributed by atoms with Crippen LogP contribution in [-0.4, -0.2) is 13.1 Å². The van der Waals surface area contributed by atoms with Crippen LogP contribution in [0.4, 0.5) is 0 Å². The summed E-state index contributed by atoms with van der Waals surface area (Å²) < 4.78 is 4.48. The SMILES string of the molecule is C=CC(CC)C(=O)OC. The van der Waals surface area contributed by atoms with Crippen molar-refractivity contribution in [3.63, 3.8) is 0 Å². The third kappa shape index (κ3) is 2.31. The molecule has 0 saturated carbocycles. The molecule has 1 unspecified atom stereocenters. The molecule has 0 rings (SSSR count). The first-order valence-electron chi connectivity index (χ1n) is 2.96. The van der Waals surface area contributed by atoms with Crippen molar-refractivity contribution in [2.45, 2.75) is 13.3 Å². The molecule has 0 N–H and O–H groups in total. The van der Waals surface area contributed by atoms with E-state index in [0.29, 0.717) is 0 Å². The van der Waals surface area contributed by atoms with Gasteiger partial charge in [0.2, 0.25) is 0 Å². The Labute approximate surface area is 55.5 Å². The Morgan fingerprint density at radius 2 is 2.44 bits per heavy atom. The fourth-order valence-electron chi connectivity index (χ4n) is 0.581. The Bertz CT molecular complexity index is 107. The second-order valence-corrected chi connectivity index (χ2v) is 1.77. The zero-order valence-corrected chi connectivity index (χ0v) is 5.89. The Morgan fingerprint density at radius 1 is 1.89 bits per heavy atom. The van der Waals surface area contributed by atoms with Crippen molar-refractivity contribution in [1.82, 2.24) is 0 Å². The van der Waals surface area contributed by atoms with Gasteiger partial charge in [-0.3, -0.25) is 4.79 Å². The van der Waals surface area contributed by atoms with E-state index in [9.17, 15) is 4.79 Å². The average molecular weight is 128 g/mol. The van der Waals surface area contributed by atoms with E-state index in [1.807, 2.05) is 6.92 Å². The van der Waals surface area contributed by atoms with E-state index in [-0.39, 0.29) is 11.9 Å². The van der Waals surface area contributed by atoms with Crippen molar-refractivity contribution >= 4 is 5.97 Å².